The lowest BCUT2D eigenvalue weighted by Gasteiger charge is -2.26. The van der Waals surface area contributed by atoms with Crippen molar-refractivity contribution < 1.29 is 24.2 Å². The van der Waals surface area contributed by atoms with Crippen molar-refractivity contribution in [1.29, 1.82) is 0 Å². The predicted octanol–water partition coefficient (Wildman–Crippen LogP) is 6.87. The van der Waals surface area contributed by atoms with E-state index in [1.165, 1.54) is 11.3 Å². The van der Waals surface area contributed by atoms with Crippen LogP contribution in [0.5, 0.6) is 5.75 Å². The number of pyridine rings is 1. The van der Waals surface area contributed by atoms with Crippen LogP contribution in [-0.4, -0.2) is 52.8 Å². The molecule has 0 aliphatic carbocycles. The van der Waals surface area contributed by atoms with E-state index in [1.807, 2.05) is 67.6 Å². The highest BCUT2D eigenvalue weighted by Gasteiger charge is 2.24. The number of rotatable bonds is 7. The number of ether oxygens (including phenoxy) is 2. The largest absolute Gasteiger partial charge is 0.482 e. The first-order valence-electron chi connectivity index (χ1n) is 14.0. The van der Waals surface area contributed by atoms with Gasteiger partial charge in [0.15, 0.2) is 6.61 Å². The van der Waals surface area contributed by atoms with E-state index in [2.05, 4.69) is 4.98 Å². The molecule has 1 aliphatic heterocycles. The predicted molar refractivity (Wildman–Crippen MR) is 173 cm³/mol. The molecule has 6 rings (SSSR count). The summed E-state index contributed by atoms with van der Waals surface area (Å²) in [7, 11) is 1.74. The van der Waals surface area contributed by atoms with Crippen molar-refractivity contribution >= 4 is 50.7 Å². The van der Waals surface area contributed by atoms with Crippen molar-refractivity contribution in [2.24, 2.45) is 0 Å². The summed E-state index contributed by atoms with van der Waals surface area (Å²) in [4.78, 5) is 36.1. The van der Waals surface area contributed by atoms with E-state index < -0.39 is 11.6 Å². The molecule has 0 fully saturated rings. The topological polar surface area (TPSA) is 102 Å². The Balaban J connectivity index is 1.41. The number of aliphatic hydroxyl groups is 1. The number of likely N-dealkylation sites (N-methyl/N-ethyl adjacent to an activating group) is 1. The fraction of sp³-hybridized carbons (Fsp3) is 0.235. The highest BCUT2D eigenvalue weighted by Crippen LogP contribution is 2.42. The third-order valence-corrected chi connectivity index (χ3v) is 8.79. The first-order valence-corrected chi connectivity index (χ1v) is 15.2. The number of hydrogen-bond donors (Lipinski definition) is 1. The maximum absolute atomic E-state index is 12.9. The Morgan fingerprint density at radius 2 is 1.84 bits per heavy atom. The number of hydrogen-bond acceptors (Lipinski definition) is 8. The Hall–Kier alpha value is -4.31. The second-order valence-corrected chi connectivity index (χ2v) is 12.9. The van der Waals surface area contributed by atoms with E-state index in [4.69, 9.17) is 26.1 Å². The monoisotopic (exact) mass is 627 g/mol. The Morgan fingerprint density at radius 3 is 2.59 bits per heavy atom. The Labute approximate surface area is 263 Å². The standard InChI is InChI=1S/C34H30ClN3O5S/c1-19-13-26-32(31(20-5-8-23(35)9-6-20)24(19)16-30(40)43-18-34(2,3)41)44-33(37-26)22-11-12-36-25(14-22)21-7-10-27-28(15-21)42-17-29(39)38(27)4/h5-15,41H,16-18H2,1-4H3. The summed E-state index contributed by atoms with van der Waals surface area (Å²) in [6.45, 7) is 5.06. The number of thiazole rings is 1. The zero-order valence-electron chi connectivity index (χ0n) is 24.7. The summed E-state index contributed by atoms with van der Waals surface area (Å²) in [5.41, 5.74) is 6.48. The second kappa shape index (κ2) is 11.6. The fourth-order valence-corrected chi connectivity index (χ4v) is 6.38. The molecule has 0 radical (unpaired) electrons. The zero-order valence-corrected chi connectivity index (χ0v) is 26.3. The summed E-state index contributed by atoms with van der Waals surface area (Å²) in [6.07, 6.45) is 1.80. The van der Waals surface area contributed by atoms with Crippen LogP contribution in [0.15, 0.2) is 66.9 Å². The minimum atomic E-state index is -1.12. The number of esters is 1. The molecule has 3 aromatic carbocycles. The molecule has 8 nitrogen and oxygen atoms in total. The van der Waals surface area contributed by atoms with Crippen molar-refractivity contribution in [3.8, 4) is 38.7 Å². The van der Waals surface area contributed by atoms with Gasteiger partial charge in [0.1, 0.15) is 17.4 Å². The van der Waals surface area contributed by atoms with E-state index in [0.717, 1.165) is 60.0 Å². The molecule has 1 aliphatic rings. The van der Waals surface area contributed by atoms with Crippen LogP contribution in [0.4, 0.5) is 5.69 Å². The van der Waals surface area contributed by atoms with Gasteiger partial charge in [0.05, 0.1) is 33.6 Å². The van der Waals surface area contributed by atoms with E-state index in [1.54, 1.807) is 32.0 Å². The molecule has 0 unspecified atom stereocenters. The first kappa shape index (κ1) is 29.7. The molecular formula is C34H30ClN3O5S. The van der Waals surface area contributed by atoms with Crippen molar-refractivity contribution in [3.05, 3.63) is 83.0 Å². The van der Waals surface area contributed by atoms with E-state index in [-0.39, 0.29) is 25.5 Å². The van der Waals surface area contributed by atoms with Crippen LogP contribution in [-0.2, 0) is 20.7 Å². The lowest BCUT2D eigenvalue weighted by molar-refractivity contribution is -0.149. The van der Waals surface area contributed by atoms with Crippen LogP contribution in [0.1, 0.15) is 25.0 Å². The minimum absolute atomic E-state index is 0.000621. The fourth-order valence-electron chi connectivity index (χ4n) is 5.12. The van der Waals surface area contributed by atoms with Crippen LogP contribution in [0.25, 0.3) is 43.2 Å². The molecule has 0 atom stereocenters. The summed E-state index contributed by atoms with van der Waals surface area (Å²) in [5.74, 6) is 0.120. The lowest BCUT2D eigenvalue weighted by atomic mass is 9.93. The summed E-state index contributed by atoms with van der Waals surface area (Å²) in [5, 5.41) is 11.5. The van der Waals surface area contributed by atoms with Gasteiger partial charge >= 0.3 is 5.97 Å². The summed E-state index contributed by atoms with van der Waals surface area (Å²) in [6, 6.07) is 19.1. The maximum atomic E-state index is 12.9. The third kappa shape index (κ3) is 6.04. The number of aryl methyl sites for hydroxylation is 1. The maximum Gasteiger partial charge on any atom is 0.310 e. The van der Waals surface area contributed by atoms with Gasteiger partial charge in [-0.15, -0.1) is 11.3 Å². The van der Waals surface area contributed by atoms with E-state index >= 15 is 0 Å². The quantitative estimate of drug-likeness (QED) is 0.197. The first-order chi connectivity index (χ1) is 21.0. The van der Waals surface area contributed by atoms with Gasteiger partial charge in [-0.25, -0.2) is 4.98 Å². The number of amides is 1. The highest BCUT2D eigenvalue weighted by molar-refractivity contribution is 7.22. The number of fused-ring (bicyclic) bond motifs is 2. The van der Waals surface area contributed by atoms with Crippen molar-refractivity contribution in [2.75, 3.05) is 25.2 Å². The molecule has 1 amide bonds. The molecule has 10 heteroatoms. The molecule has 0 saturated carbocycles. The van der Waals surface area contributed by atoms with Crippen LogP contribution in [0, 0.1) is 6.92 Å². The summed E-state index contributed by atoms with van der Waals surface area (Å²) < 4.78 is 12.0. The molecular weight excluding hydrogens is 598 g/mol. The van der Waals surface area contributed by atoms with Crippen molar-refractivity contribution in [2.45, 2.75) is 32.8 Å². The van der Waals surface area contributed by atoms with E-state index in [0.29, 0.717) is 10.8 Å². The second-order valence-electron chi connectivity index (χ2n) is 11.4. The van der Waals surface area contributed by atoms with Crippen molar-refractivity contribution in [3.63, 3.8) is 0 Å². The average molecular weight is 628 g/mol. The van der Waals surface area contributed by atoms with Crippen LogP contribution in [0.2, 0.25) is 5.02 Å². The Morgan fingerprint density at radius 1 is 1.09 bits per heavy atom. The number of carbonyl (C=O) groups is 2. The van der Waals surface area contributed by atoms with Crippen molar-refractivity contribution in [1.82, 2.24) is 9.97 Å². The Bertz CT molecular complexity index is 1910. The molecule has 0 bridgehead atoms. The zero-order chi connectivity index (χ0) is 31.2. The molecule has 2 aromatic heterocycles. The number of aromatic nitrogens is 2. The van der Waals surface area contributed by atoms with E-state index in [9.17, 15) is 14.7 Å². The minimum Gasteiger partial charge on any atom is -0.482 e. The number of carbonyl (C=O) groups excluding carboxylic acids is 2. The number of anilines is 1. The van der Waals surface area contributed by atoms with Gasteiger partial charge in [-0.1, -0.05) is 29.8 Å². The van der Waals surface area contributed by atoms with Gasteiger partial charge in [0.25, 0.3) is 5.91 Å². The number of halogens is 1. The van der Waals surface area contributed by atoms with Gasteiger partial charge in [0, 0.05) is 35.0 Å². The van der Waals surface area contributed by atoms with Gasteiger partial charge in [0.2, 0.25) is 0 Å². The highest BCUT2D eigenvalue weighted by atomic mass is 35.5. The SMILES string of the molecule is Cc1cc2nc(-c3ccnc(-c4ccc5c(c4)OCC(=O)N5C)c3)sc2c(-c2ccc(Cl)cc2)c1CC(=O)OCC(C)(C)O. The Kier molecular flexibility index (Phi) is 7.88. The summed E-state index contributed by atoms with van der Waals surface area (Å²) >= 11 is 7.76. The molecule has 3 heterocycles. The molecule has 5 aromatic rings. The molecule has 1 N–H and O–H groups in total. The average Bonchev–Trinajstić information content (AvgIpc) is 3.42. The number of nitrogens with zero attached hydrogens (tertiary/aromatic N) is 3. The van der Waals surface area contributed by atoms with Gasteiger partial charge in [-0.3, -0.25) is 14.6 Å². The normalized spacial score (nSPS) is 13.1. The molecule has 224 valence electrons. The molecule has 44 heavy (non-hydrogen) atoms. The molecule has 0 saturated heterocycles. The number of benzene rings is 3. The van der Waals surface area contributed by atoms with Gasteiger partial charge in [-0.05, 0) is 79.9 Å². The molecule has 0 spiro atoms. The van der Waals surface area contributed by atoms with Crippen LogP contribution in [0.3, 0.4) is 0 Å². The smallest absolute Gasteiger partial charge is 0.310 e. The van der Waals surface area contributed by atoms with Crippen LogP contribution >= 0.6 is 22.9 Å². The van der Waals surface area contributed by atoms with Gasteiger partial charge in [-0.2, -0.15) is 0 Å². The van der Waals surface area contributed by atoms with Gasteiger partial charge < -0.3 is 19.5 Å². The third-order valence-electron chi connectivity index (χ3n) is 7.40. The van der Waals surface area contributed by atoms with Crippen LogP contribution < -0.4 is 9.64 Å². The lowest BCUT2D eigenvalue weighted by Crippen LogP contribution is -2.35.